The largest absolute Gasteiger partial charge is 0.472 e. The molecule has 0 amide bonds. The van der Waals surface area contributed by atoms with Crippen molar-refractivity contribution in [2.24, 2.45) is 0 Å². The number of carbonyl (C=O) groups excluding carboxylic acids is 1. The fraction of sp³-hybridized carbons (Fsp3) is 0.775. The number of rotatable bonds is 37. The Morgan fingerprint density at radius 3 is 1.74 bits per heavy atom. The number of esters is 1. The molecule has 0 saturated carbocycles. The molecule has 10 heteroatoms. The van der Waals surface area contributed by atoms with Crippen molar-refractivity contribution in [1.29, 1.82) is 0 Å². The molecule has 0 fully saturated rings. The van der Waals surface area contributed by atoms with Gasteiger partial charge in [0, 0.05) is 13.0 Å². The first-order valence-electron chi connectivity index (χ1n) is 19.6. The highest BCUT2D eigenvalue weighted by molar-refractivity contribution is 7.47. The van der Waals surface area contributed by atoms with Crippen LogP contribution in [0.5, 0.6) is 0 Å². The first kappa shape index (κ1) is 48.4. The van der Waals surface area contributed by atoms with Crippen LogP contribution in [-0.4, -0.2) is 66.3 Å². The molecule has 3 N–H and O–H groups in total. The molecule has 50 heavy (non-hydrogen) atoms. The van der Waals surface area contributed by atoms with Crippen LogP contribution >= 0.6 is 7.82 Å². The third kappa shape index (κ3) is 36.2. The van der Waals surface area contributed by atoms with Gasteiger partial charge < -0.3 is 24.6 Å². The fourth-order valence-corrected chi connectivity index (χ4v) is 5.80. The zero-order chi connectivity index (χ0) is 36.8. The second kappa shape index (κ2) is 37.2. The van der Waals surface area contributed by atoms with Gasteiger partial charge in [0.2, 0.25) is 0 Å². The number of ether oxygens (including phenoxy) is 2. The highest BCUT2D eigenvalue weighted by atomic mass is 31.2. The van der Waals surface area contributed by atoms with Crippen LogP contribution in [0.2, 0.25) is 0 Å². The fourth-order valence-electron chi connectivity index (χ4n) is 5.01. The molecule has 0 heterocycles. The van der Waals surface area contributed by atoms with E-state index in [0.29, 0.717) is 13.0 Å². The lowest BCUT2D eigenvalue weighted by Crippen LogP contribution is -2.29. The minimum absolute atomic E-state index is 0.0296. The number of unbranched alkanes of at least 4 members (excludes halogenated alkanes) is 15. The number of aliphatic hydroxyl groups is 2. The Bertz CT molecular complexity index is 919. The van der Waals surface area contributed by atoms with E-state index in [4.69, 9.17) is 23.6 Å². The Hall–Kier alpha value is -1.58. The van der Waals surface area contributed by atoms with Crippen LogP contribution < -0.4 is 0 Å². The lowest BCUT2D eigenvalue weighted by molar-refractivity contribution is -0.154. The smallest absolute Gasteiger partial charge is 0.457 e. The van der Waals surface area contributed by atoms with Crippen molar-refractivity contribution in [2.45, 2.75) is 167 Å². The maximum Gasteiger partial charge on any atom is 0.472 e. The van der Waals surface area contributed by atoms with E-state index in [2.05, 4.69) is 62.5 Å². The van der Waals surface area contributed by atoms with Gasteiger partial charge in [0.05, 0.1) is 26.4 Å². The summed E-state index contributed by atoms with van der Waals surface area (Å²) in [5.74, 6) is -0.402. The van der Waals surface area contributed by atoms with Gasteiger partial charge in [0.1, 0.15) is 12.2 Å². The van der Waals surface area contributed by atoms with Gasteiger partial charge in [0.15, 0.2) is 0 Å². The summed E-state index contributed by atoms with van der Waals surface area (Å²) in [7, 11) is -4.52. The van der Waals surface area contributed by atoms with E-state index in [1.54, 1.807) is 0 Å². The molecule has 0 aromatic carbocycles. The number of allylic oxidation sites excluding steroid dienone is 8. The Kier molecular flexibility index (Phi) is 36.0. The third-order valence-corrected chi connectivity index (χ3v) is 8.95. The number of phosphoric acid groups is 1. The normalized spacial score (nSPS) is 14.7. The van der Waals surface area contributed by atoms with Crippen LogP contribution in [0.15, 0.2) is 48.6 Å². The Morgan fingerprint density at radius 2 is 1.14 bits per heavy atom. The standard InChI is InChI=1S/C40H73O9P/c1-3-5-7-9-11-13-15-17-19-20-22-24-26-28-30-32-40(43)49-39(37-48-50(44,45)47-35-38(42)34-41)36-46-33-31-29-27-25-23-21-18-16-14-12-10-8-6-4-2/h6,8,12,14,17-19,21,38-39,41-42H,3-5,7,9-11,13,15-16,20,22-37H2,1-2H3,(H,44,45)/b8-6-,14-12-,19-17-,21-18-. The summed E-state index contributed by atoms with van der Waals surface area (Å²) in [5, 5.41) is 18.3. The molecule has 0 bridgehead atoms. The zero-order valence-electron chi connectivity index (χ0n) is 31.6. The van der Waals surface area contributed by atoms with Crippen LogP contribution in [0.3, 0.4) is 0 Å². The Labute approximate surface area is 305 Å². The SMILES string of the molecule is CC/C=C\C/C=C\C/C=C\CCCCCCOCC(COP(=O)(O)OCC(O)CO)OC(=O)CCCCCCC/C=C\CCCCCCCC. The zero-order valence-corrected chi connectivity index (χ0v) is 32.5. The van der Waals surface area contributed by atoms with Crippen LogP contribution in [-0.2, 0) is 27.9 Å². The van der Waals surface area contributed by atoms with Gasteiger partial charge in [-0.3, -0.25) is 13.8 Å². The van der Waals surface area contributed by atoms with Gasteiger partial charge in [0.25, 0.3) is 0 Å². The molecule has 292 valence electrons. The maximum absolute atomic E-state index is 12.6. The molecule has 0 spiro atoms. The van der Waals surface area contributed by atoms with Crippen molar-refractivity contribution >= 4 is 13.8 Å². The highest BCUT2D eigenvalue weighted by Crippen LogP contribution is 2.43. The average molecular weight is 729 g/mol. The number of carbonyl (C=O) groups is 1. The molecule has 0 rings (SSSR count). The van der Waals surface area contributed by atoms with E-state index >= 15 is 0 Å². The van der Waals surface area contributed by atoms with Gasteiger partial charge >= 0.3 is 13.8 Å². The lowest BCUT2D eigenvalue weighted by Gasteiger charge is -2.20. The Balaban J connectivity index is 4.28. The molecule has 0 aromatic rings. The number of hydrogen-bond donors (Lipinski definition) is 3. The van der Waals surface area contributed by atoms with Gasteiger partial charge in [-0.25, -0.2) is 4.57 Å². The molecule has 3 atom stereocenters. The summed E-state index contributed by atoms with van der Waals surface area (Å²) in [6.07, 6.45) is 39.2. The van der Waals surface area contributed by atoms with E-state index in [0.717, 1.165) is 83.5 Å². The van der Waals surface area contributed by atoms with Crippen molar-refractivity contribution in [3.63, 3.8) is 0 Å². The molecular weight excluding hydrogens is 655 g/mol. The summed E-state index contributed by atoms with van der Waals surface area (Å²) in [5.41, 5.74) is 0. The summed E-state index contributed by atoms with van der Waals surface area (Å²) in [6, 6.07) is 0. The predicted octanol–water partition coefficient (Wildman–Crippen LogP) is 10.2. The summed E-state index contributed by atoms with van der Waals surface area (Å²) >= 11 is 0. The van der Waals surface area contributed by atoms with Crippen molar-refractivity contribution in [2.75, 3.05) is 33.0 Å². The minimum atomic E-state index is -4.52. The van der Waals surface area contributed by atoms with E-state index in [9.17, 15) is 19.4 Å². The van der Waals surface area contributed by atoms with Crippen molar-refractivity contribution in [3.8, 4) is 0 Å². The van der Waals surface area contributed by atoms with Crippen LogP contribution in [0.4, 0.5) is 0 Å². The predicted molar refractivity (Wildman–Crippen MR) is 205 cm³/mol. The Morgan fingerprint density at radius 1 is 0.640 bits per heavy atom. The third-order valence-electron chi connectivity index (χ3n) is 8.00. The van der Waals surface area contributed by atoms with Gasteiger partial charge in [-0.05, 0) is 70.6 Å². The van der Waals surface area contributed by atoms with Gasteiger partial charge in [-0.1, -0.05) is 127 Å². The summed E-state index contributed by atoms with van der Waals surface area (Å²) in [6.45, 7) is 3.32. The van der Waals surface area contributed by atoms with E-state index in [1.165, 1.54) is 44.9 Å². The molecule has 3 unspecified atom stereocenters. The quantitative estimate of drug-likeness (QED) is 0.0247. The first-order valence-corrected chi connectivity index (χ1v) is 21.1. The molecule has 0 radical (unpaired) electrons. The van der Waals surface area contributed by atoms with Crippen molar-refractivity contribution < 1.29 is 43.0 Å². The average Bonchev–Trinajstić information content (AvgIpc) is 3.10. The second-order valence-electron chi connectivity index (χ2n) is 12.9. The second-order valence-corrected chi connectivity index (χ2v) is 14.4. The van der Waals surface area contributed by atoms with Crippen LogP contribution in [0, 0.1) is 0 Å². The topological polar surface area (TPSA) is 132 Å². The maximum atomic E-state index is 12.6. The van der Waals surface area contributed by atoms with Crippen molar-refractivity contribution in [3.05, 3.63) is 48.6 Å². The number of aliphatic hydroxyl groups excluding tert-OH is 2. The molecule has 0 aliphatic heterocycles. The minimum Gasteiger partial charge on any atom is -0.457 e. The number of hydrogen-bond acceptors (Lipinski definition) is 8. The summed E-state index contributed by atoms with van der Waals surface area (Å²) < 4.78 is 33.2. The van der Waals surface area contributed by atoms with E-state index in [1.807, 2.05) is 0 Å². The molecular formula is C40H73O9P. The summed E-state index contributed by atoms with van der Waals surface area (Å²) in [4.78, 5) is 22.5. The lowest BCUT2D eigenvalue weighted by atomic mass is 10.1. The van der Waals surface area contributed by atoms with Crippen molar-refractivity contribution in [1.82, 2.24) is 0 Å². The van der Waals surface area contributed by atoms with Gasteiger partial charge in [-0.15, -0.1) is 0 Å². The van der Waals surface area contributed by atoms with E-state index < -0.39 is 45.8 Å². The monoisotopic (exact) mass is 728 g/mol. The molecule has 0 aliphatic carbocycles. The van der Waals surface area contributed by atoms with Crippen LogP contribution in [0.25, 0.3) is 0 Å². The molecule has 0 saturated heterocycles. The molecule has 0 aliphatic rings. The van der Waals surface area contributed by atoms with E-state index in [-0.39, 0.29) is 13.0 Å². The highest BCUT2D eigenvalue weighted by Gasteiger charge is 2.26. The molecule has 0 aromatic heterocycles. The van der Waals surface area contributed by atoms with Crippen LogP contribution in [0.1, 0.15) is 155 Å². The molecule has 9 nitrogen and oxygen atoms in total. The van der Waals surface area contributed by atoms with Gasteiger partial charge in [-0.2, -0.15) is 0 Å². The number of phosphoric ester groups is 1. The first-order chi connectivity index (χ1) is 24.3.